The van der Waals surface area contributed by atoms with Gasteiger partial charge in [0.2, 0.25) is 15.9 Å². The largest absolute Gasteiger partial charge is 0.336 e. The van der Waals surface area contributed by atoms with Crippen LogP contribution in [0.1, 0.15) is 49.7 Å². The van der Waals surface area contributed by atoms with E-state index in [1.807, 2.05) is 6.92 Å². The van der Waals surface area contributed by atoms with Crippen LogP contribution in [0.5, 0.6) is 0 Å². The normalized spacial score (nSPS) is 23.1. The smallest absolute Gasteiger partial charge is 0.294 e. The molecule has 1 aliphatic carbocycles. The molecule has 2 aromatic carbocycles. The Hall–Kier alpha value is -2.52. The number of nitrogens with two attached hydrogens (primary N) is 1. The molecule has 1 saturated carbocycles. The maximum absolute atomic E-state index is 14.0. The lowest BCUT2D eigenvalue weighted by molar-refractivity contribution is -0.135. The molecule has 1 amide bonds. The van der Waals surface area contributed by atoms with Crippen LogP contribution in [0.2, 0.25) is 0 Å². The van der Waals surface area contributed by atoms with Crippen LogP contribution in [-0.4, -0.2) is 62.1 Å². The molecule has 3 aliphatic rings. The monoisotopic (exact) mass is 617 g/mol. The van der Waals surface area contributed by atoms with Gasteiger partial charge in [-0.2, -0.15) is 8.42 Å². The van der Waals surface area contributed by atoms with Crippen molar-refractivity contribution in [2.75, 3.05) is 6.54 Å². The predicted octanol–water partition coefficient (Wildman–Crippen LogP) is 3.07. The molecule has 4 N–H and O–H groups in total. The molecule has 2 saturated heterocycles. The van der Waals surface area contributed by atoms with Crippen molar-refractivity contribution in [3.8, 4) is 0 Å². The predicted molar refractivity (Wildman–Crippen MR) is 145 cm³/mol. The Morgan fingerprint density at radius 3 is 2.07 bits per heavy atom. The van der Waals surface area contributed by atoms with Crippen molar-refractivity contribution >= 4 is 26.0 Å². The summed E-state index contributed by atoms with van der Waals surface area (Å²) in [5.74, 6) is -3.37. The minimum absolute atomic E-state index is 0.0159. The molecule has 2 aliphatic heterocycles. The van der Waals surface area contributed by atoms with Gasteiger partial charge in [0.15, 0.2) is 11.6 Å². The van der Waals surface area contributed by atoms with E-state index >= 15 is 0 Å². The highest BCUT2D eigenvalue weighted by molar-refractivity contribution is 7.90. The molecule has 2 heterocycles. The molecule has 226 valence electrons. The van der Waals surface area contributed by atoms with Gasteiger partial charge in [0.1, 0.15) is 5.82 Å². The number of aryl methyl sites for hydroxylation is 1. The highest BCUT2D eigenvalue weighted by Crippen LogP contribution is 2.40. The van der Waals surface area contributed by atoms with Crippen molar-refractivity contribution in [2.24, 2.45) is 11.7 Å². The van der Waals surface area contributed by atoms with E-state index in [1.165, 1.54) is 12.1 Å². The number of piperidine rings is 1. The Labute approximate surface area is 238 Å². The van der Waals surface area contributed by atoms with E-state index in [9.17, 15) is 34.8 Å². The third kappa shape index (κ3) is 7.86. The third-order valence-corrected chi connectivity index (χ3v) is 10.7. The van der Waals surface area contributed by atoms with E-state index in [0.717, 1.165) is 24.5 Å². The molecular weight excluding hydrogens is 583 g/mol. The van der Waals surface area contributed by atoms with Crippen LogP contribution in [0.25, 0.3) is 0 Å². The molecule has 2 aromatic rings. The van der Waals surface area contributed by atoms with Crippen molar-refractivity contribution in [2.45, 2.75) is 80.1 Å². The third-order valence-electron chi connectivity index (χ3n) is 7.91. The van der Waals surface area contributed by atoms with Crippen molar-refractivity contribution in [3.63, 3.8) is 0 Å². The Balaban J connectivity index is 0.000000296. The molecule has 9 nitrogen and oxygen atoms in total. The molecule has 0 aromatic heterocycles. The van der Waals surface area contributed by atoms with Crippen molar-refractivity contribution in [1.82, 2.24) is 9.62 Å². The zero-order valence-electron chi connectivity index (χ0n) is 22.5. The minimum Gasteiger partial charge on any atom is -0.336 e. The number of carbonyl (C=O) groups is 1. The molecule has 2 unspecified atom stereocenters. The average molecular weight is 618 g/mol. The second-order valence-corrected chi connectivity index (χ2v) is 14.5. The number of nitrogens with one attached hydrogen (secondary N) is 1. The highest BCUT2D eigenvalue weighted by atomic mass is 32.2. The first kappa shape index (κ1) is 31.4. The summed E-state index contributed by atoms with van der Waals surface area (Å²) < 4.78 is 96.5. The van der Waals surface area contributed by atoms with Gasteiger partial charge in [0.05, 0.1) is 16.7 Å². The van der Waals surface area contributed by atoms with E-state index in [1.54, 1.807) is 17.0 Å². The number of benzene rings is 2. The van der Waals surface area contributed by atoms with Crippen LogP contribution in [-0.2, 0) is 31.4 Å². The van der Waals surface area contributed by atoms with Gasteiger partial charge >= 0.3 is 0 Å². The Kier molecular flexibility index (Phi) is 9.48. The first-order valence-electron chi connectivity index (χ1n) is 13.4. The van der Waals surface area contributed by atoms with E-state index < -0.39 is 43.6 Å². The molecule has 0 radical (unpaired) electrons. The topological polar surface area (TPSA) is 147 Å². The van der Waals surface area contributed by atoms with Gasteiger partial charge in [0.25, 0.3) is 10.1 Å². The van der Waals surface area contributed by atoms with Gasteiger partial charge in [-0.05, 0) is 81.5 Å². The number of halogens is 3. The summed E-state index contributed by atoms with van der Waals surface area (Å²) in [6, 6.07) is 6.86. The number of sulfonamides is 1. The Morgan fingerprint density at radius 1 is 0.976 bits per heavy atom. The number of fused-ring (bicyclic) bond motifs is 2. The Bertz CT molecular complexity index is 1470. The van der Waals surface area contributed by atoms with Crippen LogP contribution >= 0.6 is 0 Å². The summed E-state index contributed by atoms with van der Waals surface area (Å²) in [7, 11) is -7.43. The van der Waals surface area contributed by atoms with E-state index in [-0.39, 0.29) is 52.6 Å². The fraction of sp³-hybridized carbons (Fsp3) is 0.519. The molecule has 2 bridgehead atoms. The summed E-state index contributed by atoms with van der Waals surface area (Å²) in [6.45, 7) is 1.61. The molecular formula is C27H34F3N3O6S2. The first-order chi connectivity index (χ1) is 19.2. The van der Waals surface area contributed by atoms with Gasteiger partial charge in [-0.15, -0.1) is 0 Å². The standard InChI is InChI=1S/C20H26F3N3O3S.C7H8O3S/c21-16-9-18(23)17(22)7-11(16)8-19(24)12-5-13-1-2-14(6-12)26(13)20(27)10-25-30(28,29)15-3-4-15;1-6-2-4-7(5-3-6)11(8,9)10/h7,9,12-15,19,25H,1-6,8,10,24H2;2-5H,1H3,(H,8,9,10)/t12?,13?,14?,19-;/m1./s1. The van der Waals surface area contributed by atoms with E-state index in [0.29, 0.717) is 31.7 Å². The van der Waals surface area contributed by atoms with Crippen LogP contribution in [0.15, 0.2) is 41.3 Å². The summed E-state index contributed by atoms with van der Waals surface area (Å²) in [4.78, 5) is 14.4. The van der Waals surface area contributed by atoms with Crippen molar-refractivity contribution < 1.29 is 39.4 Å². The zero-order chi connectivity index (χ0) is 30.1. The fourth-order valence-corrected chi connectivity index (χ4v) is 7.37. The fourth-order valence-electron chi connectivity index (χ4n) is 5.58. The summed E-state index contributed by atoms with van der Waals surface area (Å²) >= 11 is 0. The summed E-state index contributed by atoms with van der Waals surface area (Å²) in [5.41, 5.74) is 7.29. The van der Waals surface area contributed by atoms with Gasteiger partial charge in [0, 0.05) is 24.2 Å². The summed E-state index contributed by atoms with van der Waals surface area (Å²) in [5, 5.41) is -0.373. The molecule has 41 heavy (non-hydrogen) atoms. The lowest BCUT2D eigenvalue weighted by atomic mass is 9.82. The minimum atomic E-state index is -4.02. The number of nitrogens with zero attached hydrogens (tertiary/aromatic N) is 1. The second-order valence-electron chi connectivity index (χ2n) is 11.0. The van der Waals surface area contributed by atoms with Crippen LogP contribution < -0.4 is 10.5 Å². The van der Waals surface area contributed by atoms with Gasteiger partial charge in [-0.3, -0.25) is 9.35 Å². The number of carbonyl (C=O) groups excluding carboxylic acids is 1. The number of hydrogen-bond donors (Lipinski definition) is 3. The average Bonchev–Trinajstić information content (AvgIpc) is 3.72. The van der Waals surface area contributed by atoms with Crippen LogP contribution in [0, 0.1) is 30.3 Å². The maximum Gasteiger partial charge on any atom is 0.294 e. The molecule has 3 atom stereocenters. The number of amides is 1. The van der Waals surface area contributed by atoms with Crippen molar-refractivity contribution in [3.05, 3.63) is 65.0 Å². The van der Waals surface area contributed by atoms with Crippen LogP contribution in [0.3, 0.4) is 0 Å². The van der Waals surface area contributed by atoms with Gasteiger partial charge in [-0.1, -0.05) is 17.7 Å². The quantitative estimate of drug-likeness (QED) is 0.305. The SMILES string of the molecule is Cc1ccc(S(=O)(=O)O)cc1.N[C@H](Cc1cc(F)c(F)cc1F)C1CC2CCC(C1)N2C(=O)CNS(=O)(=O)C1CC1. The van der Waals surface area contributed by atoms with E-state index in [4.69, 9.17) is 10.3 Å². The summed E-state index contributed by atoms with van der Waals surface area (Å²) in [6.07, 6.45) is 4.24. The van der Waals surface area contributed by atoms with E-state index in [2.05, 4.69) is 4.72 Å². The molecule has 5 rings (SSSR count). The molecule has 3 fully saturated rings. The number of hydrogen-bond acceptors (Lipinski definition) is 6. The Morgan fingerprint density at radius 2 is 1.54 bits per heavy atom. The maximum atomic E-state index is 14.0. The van der Waals surface area contributed by atoms with Crippen molar-refractivity contribution in [1.29, 1.82) is 0 Å². The van der Waals surface area contributed by atoms with Gasteiger partial charge in [-0.25, -0.2) is 26.3 Å². The lowest BCUT2D eigenvalue weighted by Gasteiger charge is -2.41. The highest BCUT2D eigenvalue weighted by Gasteiger charge is 2.45. The lowest BCUT2D eigenvalue weighted by Crippen LogP contribution is -2.52. The van der Waals surface area contributed by atoms with Crippen LogP contribution in [0.4, 0.5) is 13.2 Å². The molecule has 14 heteroatoms. The second kappa shape index (κ2) is 12.4. The number of rotatable bonds is 8. The molecule has 0 spiro atoms. The first-order valence-corrected chi connectivity index (χ1v) is 16.4. The van der Waals surface area contributed by atoms with Gasteiger partial charge < -0.3 is 10.6 Å². The zero-order valence-corrected chi connectivity index (χ0v) is 24.1.